The molecule has 0 saturated heterocycles. The van der Waals surface area contributed by atoms with E-state index in [9.17, 15) is 9.59 Å². The van der Waals surface area contributed by atoms with E-state index in [2.05, 4.69) is 31.4 Å². The summed E-state index contributed by atoms with van der Waals surface area (Å²) in [5, 5.41) is 7.79. The second-order valence-corrected chi connectivity index (χ2v) is 10.0. The van der Waals surface area contributed by atoms with Crippen LogP contribution in [0.3, 0.4) is 0 Å². The van der Waals surface area contributed by atoms with Crippen molar-refractivity contribution in [1.29, 1.82) is 0 Å². The highest BCUT2D eigenvalue weighted by Gasteiger charge is 2.15. The predicted molar refractivity (Wildman–Crippen MR) is 134 cm³/mol. The first-order chi connectivity index (χ1) is 15.7. The third kappa shape index (κ3) is 5.14. The molecule has 6 nitrogen and oxygen atoms in total. The highest BCUT2D eigenvalue weighted by atomic mass is 32.1. The Hall–Kier alpha value is -3.45. The summed E-state index contributed by atoms with van der Waals surface area (Å²) in [6.07, 6.45) is 0.615. The SMILES string of the molecule is Cn1c(CCNC(=O)c2cccs2)nc2cc(NC(=O)c3ccc(C(C)(C)C)cc3)ccc21. The first-order valence-corrected chi connectivity index (χ1v) is 11.8. The number of aryl methyl sites for hydroxylation is 1. The van der Waals surface area contributed by atoms with Crippen LogP contribution >= 0.6 is 11.3 Å². The Kier molecular flexibility index (Phi) is 6.33. The van der Waals surface area contributed by atoms with Gasteiger partial charge in [0.1, 0.15) is 5.82 Å². The Morgan fingerprint density at radius 3 is 2.45 bits per heavy atom. The molecule has 2 aromatic heterocycles. The maximum absolute atomic E-state index is 12.7. The van der Waals surface area contributed by atoms with Crippen molar-refractivity contribution in [2.75, 3.05) is 11.9 Å². The summed E-state index contributed by atoms with van der Waals surface area (Å²) < 4.78 is 2.02. The van der Waals surface area contributed by atoms with Gasteiger partial charge in [-0.2, -0.15) is 0 Å². The molecular weight excluding hydrogens is 432 g/mol. The molecule has 0 unspecified atom stereocenters. The summed E-state index contributed by atoms with van der Waals surface area (Å²) in [5.41, 5.74) is 4.33. The molecule has 4 aromatic rings. The predicted octanol–water partition coefficient (Wildman–Crippen LogP) is 5.16. The van der Waals surface area contributed by atoms with E-state index in [0.29, 0.717) is 29.1 Å². The number of carbonyl (C=O) groups excluding carboxylic acids is 2. The molecule has 0 atom stereocenters. The number of thiophene rings is 1. The van der Waals surface area contributed by atoms with Crippen molar-refractivity contribution in [3.63, 3.8) is 0 Å². The Morgan fingerprint density at radius 1 is 1.03 bits per heavy atom. The van der Waals surface area contributed by atoms with Gasteiger partial charge in [-0.05, 0) is 52.8 Å². The Labute approximate surface area is 197 Å². The molecule has 4 rings (SSSR count). The third-order valence-corrected chi connectivity index (χ3v) is 6.49. The van der Waals surface area contributed by atoms with Crippen LogP contribution < -0.4 is 10.6 Å². The van der Waals surface area contributed by atoms with Gasteiger partial charge in [-0.15, -0.1) is 11.3 Å². The van der Waals surface area contributed by atoms with E-state index in [-0.39, 0.29) is 17.2 Å². The summed E-state index contributed by atoms with van der Waals surface area (Å²) in [5.74, 6) is 0.657. The van der Waals surface area contributed by atoms with Crippen LogP contribution in [0.2, 0.25) is 0 Å². The topological polar surface area (TPSA) is 76.0 Å². The number of hydrogen-bond donors (Lipinski definition) is 2. The second kappa shape index (κ2) is 9.19. The lowest BCUT2D eigenvalue weighted by Gasteiger charge is -2.19. The number of aromatic nitrogens is 2. The molecule has 0 aliphatic carbocycles. The van der Waals surface area contributed by atoms with Crippen LogP contribution in [0.1, 0.15) is 52.2 Å². The van der Waals surface area contributed by atoms with Gasteiger partial charge >= 0.3 is 0 Å². The molecule has 0 bridgehead atoms. The summed E-state index contributed by atoms with van der Waals surface area (Å²) in [6.45, 7) is 6.95. The van der Waals surface area contributed by atoms with Gasteiger partial charge in [0.2, 0.25) is 0 Å². The smallest absolute Gasteiger partial charge is 0.261 e. The van der Waals surface area contributed by atoms with Crippen LogP contribution in [-0.4, -0.2) is 27.9 Å². The number of fused-ring (bicyclic) bond motifs is 1. The number of rotatable bonds is 6. The van der Waals surface area contributed by atoms with Gasteiger partial charge in [-0.3, -0.25) is 9.59 Å². The fourth-order valence-corrected chi connectivity index (χ4v) is 4.30. The Bertz CT molecular complexity index is 1280. The van der Waals surface area contributed by atoms with Gasteiger partial charge in [-0.25, -0.2) is 4.98 Å². The molecule has 170 valence electrons. The quantitative estimate of drug-likeness (QED) is 0.417. The minimum absolute atomic E-state index is 0.0451. The molecule has 0 fully saturated rings. The van der Waals surface area contributed by atoms with Crippen LogP contribution in [-0.2, 0) is 18.9 Å². The average molecular weight is 461 g/mol. The van der Waals surface area contributed by atoms with E-state index in [4.69, 9.17) is 4.98 Å². The lowest BCUT2D eigenvalue weighted by Crippen LogP contribution is -2.25. The van der Waals surface area contributed by atoms with Crippen molar-refractivity contribution >= 4 is 39.9 Å². The minimum atomic E-state index is -0.151. The van der Waals surface area contributed by atoms with E-state index in [1.807, 2.05) is 71.6 Å². The van der Waals surface area contributed by atoms with Crippen LogP contribution in [0, 0.1) is 0 Å². The Balaban J connectivity index is 1.42. The van der Waals surface area contributed by atoms with Gasteiger partial charge in [0.15, 0.2) is 0 Å². The fourth-order valence-electron chi connectivity index (χ4n) is 3.66. The van der Waals surface area contributed by atoms with E-state index < -0.39 is 0 Å². The standard InChI is InChI=1S/C26H28N4O2S/c1-26(2,3)18-9-7-17(8-10-18)24(31)28-19-11-12-21-20(16-19)29-23(30(21)4)13-14-27-25(32)22-6-5-15-33-22/h5-12,15-16H,13-14H2,1-4H3,(H,27,32)(H,28,31). The third-order valence-electron chi connectivity index (χ3n) is 5.62. The number of carbonyl (C=O) groups is 2. The van der Waals surface area contributed by atoms with Crippen LogP contribution in [0.5, 0.6) is 0 Å². The number of imidazole rings is 1. The molecule has 2 N–H and O–H groups in total. The van der Waals surface area contributed by atoms with Crippen molar-refractivity contribution in [3.05, 3.63) is 81.8 Å². The molecule has 2 aromatic carbocycles. The molecule has 0 saturated carbocycles. The summed E-state index contributed by atoms with van der Waals surface area (Å²) >= 11 is 1.42. The van der Waals surface area contributed by atoms with E-state index >= 15 is 0 Å². The van der Waals surface area contributed by atoms with Crippen molar-refractivity contribution in [1.82, 2.24) is 14.9 Å². The normalized spacial score (nSPS) is 11.5. The lowest BCUT2D eigenvalue weighted by molar-refractivity contribution is 0.0957. The van der Waals surface area contributed by atoms with Gasteiger partial charge in [0.05, 0.1) is 15.9 Å². The van der Waals surface area contributed by atoms with Crippen molar-refractivity contribution < 1.29 is 9.59 Å². The molecule has 0 spiro atoms. The van der Waals surface area contributed by atoms with Crippen molar-refractivity contribution in [2.45, 2.75) is 32.6 Å². The molecule has 7 heteroatoms. The zero-order valence-electron chi connectivity index (χ0n) is 19.3. The molecule has 33 heavy (non-hydrogen) atoms. The van der Waals surface area contributed by atoms with Gasteiger partial charge in [-0.1, -0.05) is 39.0 Å². The van der Waals surface area contributed by atoms with Gasteiger partial charge < -0.3 is 15.2 Å². The van der Waals surface area contributed by atoms with E-state index in [1.54, 1.807) is 0 Å². The molecule has 0 radical (unpaired) electrons. The minimum Gasteiger partial charge on any atom is -0.351 e. The molecular formula is C26H28N4O2S. The second-order valence-electron chi connectivity index (χ2n) is 9.06. The molecule has 2 heterocycles. The van der Waals surface area contributed by atoms with Gasteiger partial charge in [0.25, 0.3) is 11.8 Å². The van der Waals surface area contributed by atoms with Crippen molar-refractivity contribution in [2.24, 2.45) is 7.05 Å². The first kappa shape index (κ1) is 22.7. The maximum Gasteiger partial charge on any atom is 0.261 e. The highest BCUT2D eigenvalue weighted by molar-refractivity contribution is 7.12. The number of benzene rings is 2. The zero-order chi connectivity index (χ0) is 23.6. The zero-order valence-corrected chi connectivity index (χ0v) is 20.1. The summed E-state index contributed by atoms with van der Waals surface area (Å²) in [7, 11) is 1.96. The molecule has 2 amide bonds. The summed E-state index contributed by atoms with van der Waals surface area (Å²) in [4.78, 5) is 30.2. The fraction of sp³-hybridized carbons (Fsp3) is 0.269. The van der Waals surface area contributed by atoms with E-state index in [0.717, 1.165) is 16.9 Å². The number of amides is 2. The Morgan fingerprint density at radius 2 is 1.79 bits per heavy atom. The molecule has 0 aliphatic heterocycles. The largest absolute Gasteiger partial charge is 0.351 e. The lowest BCUT2D eigenvalue weighted by atomic mass is 9.87. The monoisotopic (exact) mass is 460 g/mol. The summed E-state index contributed by atoms with van der Waals surface area (Å²) in [6, 6.07) is 17.1. The maximum atomic E-state index is 12.7. The number of hydrogen-bond acceptors (Lipinski definition) is 4. The van der Waals surface area contributed by atoms with Crippen molar-refractivity contribution in [3.8, 4) is 0 Å². The average Bonchev–Trinajstić information content (AvgIpc) is 3.42. The number of anilines is 1. The van der Waals surface area contributed by atoms with Crippen LogP contribution in [0.25, 0.3) is 11.0 Å². The highest BCUT2D eigenvalue weighted by Crippen LogP contribution is 2.23. The van der Waals surface area contributed by atoms with Crippen LogP contribution in [0.15, 0.2) is 60.0 Å². The first-order valence-electron chi connectivity index (χ1n) is 10.9. The molecule has 0 aliphatic rings. The van der Waals surface area contributed by atoms with E-state index in [1.165, 1.54) is 16.9 Å². The van der Waals surface area contributed by atoms with Gasteiger partial charge in [0, 0.05) is 31.3 Å². The number of nitrogens with one attached hydrogen (secondary N) is 2. The number of nitrogens with zero attached hydrogens (tertiary/aromatic N) is 2. The van der Waals surface area contributed by atoms with Crippen LogP contribution in [0.4, 0.5) is 5.69 Å².